The zero-order valence-corrected chi connectivity index (χ0v) is 17.5. The maximum atomic E-state index is 12.3. The van der Waals surface area contributed by atoms with Gasteiger partial charge in [0.15, 0.2) is 0 Å². The summed E-state index contributed by atoms with van der Waals surface area (Å²) in [7, 11) is 0. The minimum Gasteiger partial charge on any atom is -0.356 e. The van der Waals surface area contributed by atoms with Crippen molar-refractivity contribution < 1.29 is 14.8 Å². The second-order valence-electron chi connectivity index (χ2n) is 9.17. The van der Waals surface area contributed by atoms with Crippen molar-refractivity contribution in [2.24, 2.45) is 5.73 Å². The van der Waals surface area contributed by atoms with Crippen LogP contribution in [0.4, 0.5) is 0 Å². The van der Waals surface area contributed by atoms with Crippen LogP contribution in [-0.2, 0) is 26.8 Å². The molecule has 0 unspecified atom stereocenters. The molecule has 27 heavy (non-hydrogen) atoms. The smallest absolute Gasteiger partial charge is 0.260 e. The Hall–Kier alpha value is -1.92. The van der Waals surface area contributed by atoms with Gasteiger partial charge in [-0.15, -0.1) is 0 Å². The van der Waals surface area contributed by atoms with Crippen molar-refractivity contribution in [1.29, 1.82) is 0 Å². The Kier molecular flexibility index (Phi) is 7.99. The van der Waals surface area contributed by atoms with E-state index in [9.17, 15) is 9.59 Å². The number of carbonyl (C=O) groups excluding carboxylic acids is 2. The van der Waals surface area contributed by atoms with Crippen molar-refractivity contribution in [3.05, 3.63) is 34.9 Å². The zero-order chi connectivity index (χ0) is 20.8. The van der Waals surface area contributed by atoms with Crippen LogP contribution >= 0.6 is 0 Å². The van der Waals surface area contributed by atoms with E-state index < -0.39 is 11.9 Å². The largest absolute Gasteiger partial charge is 0.356 e. The van der Waals surface area contributed by atoms with Crippen molar-refractivity contribution in [3.63, 3.8) is 0 Å². The van der Waals surface area contributed by atoms with Crippen molar-refractivity contribution in [2.75, 3.05) is 6.54 Å². The average molecular weight is 378 g/mol. The lowest BCUT2D eigenvalue weighted by Gasteiger charge is -2.26. The minimum atomic E-state index is -0.773. The SMILES string of the molecule is CC(C)(C)c1cc(CC(=O)NCCC[C@H](N)C(=O)NO)cc(C(C)(C)C)c1. The molecule has 0 spiro atoms. The van der Waals surface area contributed by atoms with Gasteiger partial charge in [0.2, 0.25) is 5.91 Å². The monoisotopic (exact) mass is 377 g/mol. The highest BCUT2D eigenvalue weighted by Gasteiger charge is 2.21. The molecule has 0 aliphatic carbocycles. The van der Waals surface area contributed by atoms with E-state index in [4.69, 9.17) is 10.9 Å². The molecule has 152 valence electrons. The molecular weight excluding hydrogens is 342 g/mol. The third-order valence-electron chi connectivity index (χ3n) is 4.55. The van der Waals surface area contributed by atoms with Crippen molar-refractivity contribution in [2.45, 2.75) is 77.7 Å². The summed E-state index contributed by atoms with van der Waals surface area (Å²) in [6.45, 7) is 13.5. The lowest BCUT2D eigenvalue weighted by Crippen LogP contribution is -2.39. The predicted molar refractivity (Wildman–Crippen MR) is 108 cm³/mol. The van der Waals surface area contributed by atoms with Gasteiger partial charge in [0.05, 0.1) is 12.5 Å². The van der Waals surface area contributed by atoms with Crippen LogP contribution in [0.25, 0.3) is 0 Å². The number of nitrogens with one attached hydrogen (secondary N) is 2. The second kappa shape index (κ2) is 9.33. The van der Waals surface area contributed by atoms with Gasteiger partial charge < -0.3 is 11.1 Å². The summed E-state index contributed by atoms with van der Waals surface area (Å²) in [5.41, 5.74) is 10.6. The van der Waals surface area contributed by atoms with Gasteiger partial charge in [0, 0.05) is 6.54 Å². The van der Waals surface area contributed by atoms with E-state index in [-0.39, 0.29) is 16.7 Å². The summed E-state index contributed by atoms with van der Waals surface area (Å²) in [4.78, 5) is 23.4. The Morgan fingerprint density at radius 2 is 1.56 bits per heavy atom. The molecule has 0 saturated carbocycles. The lowest BCUT2D eigenvalue weighted by atomic mass is 9.79. The highest BCUT2D eigenvalue weighted by Crippen LogP contribution is 2.30. The molecule has 0 aliphatic rings. The number of carbonyl (C=O) groups is 2. The molecule has 0 aromatic heterocycles. The Balaban J connectivity index is 2.72. The molecule has 0 saturated heterocycles. The predicted octanol–water partition coefficient (Wildman–Crippen LogP) is 2.55. The van der Waals surface area contributed by atoms with Crippen LogP contribution in [0.1, 0.15) is 71.1 Å². The van der Waals surface area contributed by atoms with E-state index in [1.54, 1.807) is 0 Å². The third-order valence-corrected chi connectivity index (χ3v) is 4.55. The van der Waals surface area contributed by atoms with Crippen molar-refractivity contribution >= 4 is 11.8 Å². The zero-order valence-electron chi connectivity index (χ0n) is 17.5. The Morgan fingerprint density at radius 3 is 2.00 bits per heavy atom. The van der Waals surface area contributed by atoms with E-state index in [2.05, 4.69) is 65.1 Å². The van der Waals surface area contributed by atoms with Crippen LogP contribution in [0.2, 0.25) is 0 Å². The molecule has 0 aliphatic heterocycles. The normalized spacial score (nSPS) is 13.2. The highest BCUT2D eigenvalue weighted by molar-refractivity contribution is 5.80. The fourth-order valence-corrected chi connectivity index (χ4v) is 2.67. The maximum absolute atomic E-state index is 12.3. The van der Waals surface area contributed by atoms with Gasteiger partial charge in [-0.3, -0.25) is 14.8 Å². The molecule has 2 amide bonds. The average Bonchev–Trinajstić information content (AvgIpc) is 2.55. The van der Waals surface area contributed by atoms with Crippen LogP contribution in [0.5, 0.6) is 0 Å². The Bertz CT molecular complexity index is 625. The molecule has 1 rings (SSSR count). The molecule has 0 radical (unpaired) electrons. The van der Waals surface area contributed by atoms with Gasteiger partial charge in [0.25, 0.3) is 5.91 Å². The summed E-state index contributed by atoms with van der Waals surface area (Å²) in [5.74, 6) is -0.670. The fraction of sp³-hybridized carbons (Fsp3) is 0.619. The summed E-state index contributed by atoms with van der Waals surface area (Å²) in [6.07, 6.45) is 1.27. The quantitative estimate of drug-likeness (QED) is 0.333. The van der Waals surface area contributed by atoms with Gasteiger partial charge >= 0.3 is 0 Å². The van der Waals surface area contributed by atoms with E-state index in [1.165, 1.54) is 16.6 Å². The number of rotatable bonds is 7. The third kappa shape index (κ3) is 7.69. The first-order chi connectivity index (χ1) is 12.3. The molecular formula is C21H35N3O3. The van der Waals surface area contributed by atoms with Gasteiger partial charge in [0.1, 0.15) is 0 Å². The van der Waals surface area contributed by atoms with Gasteiger partial charge in [-0.1, -0.05) is 59.7 Å². The Labute approximate surface area is 162 Å². The van der Waals surface area contributed by atoms with Crippen LogP contribution in [0.3, 0.4) is 0 Å². The first kappa shape index (κ1) is 23.1. The van der Waals surface area contributed by atoms with Gasteiger partial charge in [-0.25, -0.2) is 5.48 Å². The number of benzene rings is 1. The van der Waals surface area contributed by atoms with Crippen molar-refractivity contribution in [3.8, 4) is 0 Å². The first-order valence-electron chi connectivity index (χ1n) is 9.45. The molecule has 0 bridgehead atoms. The van der Waals surface area contributed by atoms with E-state index >= 15 is 0 Å². The maximum Gasteiger partial charge on any atom is 0.260 e. The van der Waals surface area contributed by atoms with Crippen LogP contribution < -0.4 is 16.5 Å². The summed E-state index contributed by atoms with van der Waals surface area (Å²) < 4.78 is 0. The number of hydrogen-bond donors (Lipinski definition) is 4. The van der Waals surface area contributed by atoms with Crippen molar-refractivity contribution in [1.82, 2.24) is 10.8 Å². The molecule has 1 aromatic carbocycles. The van der Waals surface area contributed by atoms with Gasteiger partial charge in [-0.2, -0.15) is 0 Å². The molecule has 1 atom stereocenters. The summed E-state index contributed by atoms with van der Waals surface area (Å²) in [5, 5.41) is 11.4. The van der Waals surface area contributed by atoms with Crippen LogP contribution in [-0.4, -0.2) is 29.6 Å². The molecule has 0 heterocycles. The number of nitrogens with two attached hydrogens (primary N) is 1. The lowest BCUT2D eigenvalue weighted by molar-refractivity contribution is -0.130. The second-order valence-corrected chi connectivity index (χ2v) is 9.17. The summed E-state index contributed by atoms with van der Waals surface area (Å²) >= 11 is 0. The molecule has 5 N–H and O–H groups in total. The van der Waals surface area contributed by atoms with E-state index in [0.29, 0.717) is 25.8 Å². The number of hydrogen-bond acceptors (Lipinski definition) is 4. The fourth-order valence-electron chi connectivity index (χ4n) is 2.67. The molecule has 0 fully saturated rings. The Morgan fingerprint density at radius 1 is 1.04 bits per heavy atom. The first-order valence-corrected chi connectivity index (χ1v) is 9.45. The minimum absolute atomic E-state index is 0.00983. The molecule has 6 nitrogen and oxygen atoms in total. The van der Waals surface area contributed by atoms with Gasteiger partial charge in [-0.05, 0) is 40.4 Å². The van der Waals surface area contributed by atoms with E-state index in [1.807, 2.05) is 0 Å². The van der Waals surface area contributed by atoms with Crippen LogP contribution in [0.15, 0.2) is 18.2 Å². The van der Waals surface area contributed by atoms with Crippen LogP contribution in [0, 0.1) is 0 Å². The topological polar surface area (TPSA) is 104 Å². The molecule has 6 heteroatoms. The number of hydroxylamine groups is 1. The summed E-state index contributed by atoms with van der Waals surface area (Å²) in [6, 6.07) is 5.67. The number of amides is 2. The standard InChI is InChI=1S/C21H35N3O3/c1-20(2,3)15-10-14(11-16(13-15)21(4,5)6)12-18(25)23-9-7-8-17(22)19(26)24-27/h10-11,13,17,27H,7-9,12,22H2,1-6H3,(H,23,25)(H,24,26)/t17-/m0/s1. The highest BCUT2D eigenvalue weighted by atomic mass is 16.5. The molecule has 1 aromatic rings. The van der Waals surface area contributed by atoms with E-state index in [0.717, 1.165) is 5.56 Å².